The Hall–Kier alpha value is -1.58. The molecule has 3 nitrogen and oxygen atoms in total. The summed E-state index contributed by atoms with van der Waals surface area (Å²) >= 11 is 0. The normalized spacial score (nSPS) is 12.5. The molecule has 1 rings (SSSR count). The average molecular weight is 238 g/mol. The first-order valence-corrected chi connectivity index (χ1v) is 5.75. The van der Waals surface area contributed by atoms with E-state index in [2.05, 4.69) is 26.1 Å². The number of hydrogen-bond acceptors (Lipinski definition) is 2. The van der Waals surface area contributed by atoms with Crippen LogP contribution in [0.15, 0.2) is 18.2 Å². The van der Waals surface area contributed by atoms with Gasteiger partial charge in [-0.25, -0.2) is 4.39 Å². The van der Waals surface area contributed by atoms with Crippen molar-refractivity contribution in [2.45, 2.75) is 20.8 Å². The van der Waals surface area contributed by atoms with Crippen molar-refractivity contribution in [1.29, 1.82) is 0 Å². The number of para-hydroxylation sites is 1. The van der Waals surface area contributed by atoms with Crippen molar-refractivity contribution < 1.29 is 9.18 Å². The molecule has 0 aliphatic heterocycles. The molecule has 0 saturated carbocycles. The van der Waals surface area contributed by atoms with Gasteiger partial charge in [-0.1, -0.05) is 26.8 Å². The Labute approximate surface area is 101 Å². The summed E-state index contributed by atoms with van der Waals surface area (Å²) in [7, 11) is 0. The molecule has 0 radical (unpaired) electrons. The second-order valence-corrected chi connectivity index (χ2v) is 4.63. The molecule has 1 aromatic rings. The first-order valence-electron chi connectivity index (χ1n) is 5.75. The highest BCUT2D eigenvalue weighted by Crippen LogP contribution is 2.16. The van der Waals surface area contributed by atoms with E-state index in [0.717, 1.165) is 0 Å². The number of anilines is 1. The standard InChI is InChI=1S/C13H19FN2O/c1-8(2)9(3)7-16-13(17)10-5-4-6-11(14)12(10)15/h4-6,8-9H,7,15H2,1-3H3,(H,16,17). The number of benzene rings is 1. The maximum atomic E-state index is 13.2. The smallest absolute Gasteiger partial charge is 0.253 e. The molecule has 17 heavy (non-hydrogen) atoms. The zero-order chi connectivity index (χ0) is 13.0. The van der Waals surface area contributed by atoms with Crippen LogP contribution in [0.1, 0.15) is 31.1 Å². The lowest BCUT2D eigenvalue weighted by Crippen LogP contribution is -2.30. The minimum atomic E-state index is -0.561. The summed E-state index contributed by atoms with van der Waals surface area (Å²) in [6.45, 7) is 6.80. The highest BCUT2D eigenvalue weighted by Gasteiger charge is 2.14. The highest BCUT2D eigenvalue weighted by molar-refractivity contribution is 5.99. The zero-order valence-corrected chi connectivity index (χ0v) is 10.5. The van der Waals surface area contributed by atoms with Gasteiger partial charge in [-0.05, 0) is 24.0 Å². The lowest BCUT2D eigenvalue weighted by Gasteiger charge is -2.16. The molecule has 1 unspecified atom stereocenters. The number of nitrogens with one attached hydrogen (secondary N) is 1. The molecule has 0 spiro atoms. The Kier molecular flexibility index (Phi) is 4.49. The van der Waals surface area contributed by atoms with E-state index in [1.165, 1.54) is 18.2 Å². The van der Waals surface area contributed by atoms with Crippen LogP contribution in [0.5, 0.6) is 0 Å². The molecule has 0 bridgehead atoms. The van der Waals surface area contributed by atoms with E-state index in [0.29, 0.717) is 18.4 Å². The molecule has 4 heteroatoms. The second-order valence-electron chi connectivity index (χ2n) is 4.63. The van der Waals surface area contributed by atoms with E-state index in [-0.39, 0.29) is 17.2 Å². The van der Waals surface area contributed by atoms with Gasteiger partial charge in [0.05, 0.1) is 11.3 Å². The van der Waals surface area contributed by atoms with E-state index in [1.54, 1.807) is 0 Å². The summed E-state index contributed by atoms with van der Waals surface area (Å²) in [4.78, 5) is 11.8. The topological polar surface area (TPSA) is 55.1 Å². The largest absolute Gasteiger partial charge is 0.396 e. The number of carbonyl (C=O) groups excluding carboxylic acids is 1. The Bertz CT molecular complexity index is 404. The Balaban J connectivity index is 2.68. The van der Waals surface area contributed by atoms with Gasteiger partial charge in [-0.15, -0.1) is 0 Å². The molecular formula is C13H19FN2O. The molecule has 1 amide bonds. The van der Waals surface area contributed by atoms with E-state index in [4.69, 9.17) is 5.73 Å². The van der Waals surface area contributed by atoms with E-state index < -0.39 is 5.82 Å². The molecule has 0 fully saturated rings. The van der Waals surface area contributed by atoms with Gasteiger partial charge in [0, 0.05) is 6.54 Å². The lowest BCUT2D eigenvalue weighted by molar-refractivity contribution is 0.0945. The average Bonchev–Trinajstić information content (AvgIpc) is 2.29. The van der Waals surface area contributed by atoms with Crippen molar-refractivity contribution in [2.75, 3.05) is 12.3 Å². The fraction of sp³-hybridized carbons (Fsp3) is 0.462. The van der Waals surface area contributed by atoms with Gasteiger partial charge >= 0.3 is 0 Å². The monoisotopic (exact) mass is 238 g/mol. The predicted molar refractivity (Wildman–Crippen MR) is 67.1 cm³/mol. The Morgan fingerprint density at radius 1 is 1.41 bits per heavy atom. The lowest BCUT2D eigenvalue weighted by atomic mass is 9.98. The number of rotatable bonds is 4. The first kappa shape index (κ1) is 13.5. The van der Waals surface area contributed by atoms with Gasteiger partial charge in [-0.3, -0.25) is 4.79 Å². The number of hydrogen-bond donors (Lipinski definition) is 2. The summed E-state index contributed by atoms with van der Waals surface area (Å²) in [6, 6.07) is 4.24. The van der Waals surface area contributed by atoms with Crippen molar-refractivity contribution in [3.05, 3.63) is 29.6 Å². The van der Waals surface area contributed by atoms with Crippen LogP contribution in [0.2, 0.25) is 0 Å². The van der Waals surface area contributed by atoms with Gasteiger partial charge < -0.3 is 11.1 Å². The molecule has 94 valence electrons. The molecule has 0 aliphatic carbocycles. The molecule has 3 N–H and O–H groups in total. The second kappa shape index (κ2) is 5.66. The number of nitrogens with two attached hydrogens (primary N) is 1. The quantitative estimate of drug-likeness (QED) is 0.791. The fourth-order valence-electron chi connectivity index (χ4n) is 1.32. The van der Waals surface area contributed by atoms with Crippen LogP contribution >= 0.6 is 0 Å². The maximum absolute atomic E-state index is 13.2. The molecule has 0 aromatic heterocycles. The van der Waals surface area contributed by atoms with Crippen molar-refractivity contribution in [2.24, 2.45) is 11.8 Å². The molecule has 1 aromatic carbocycles. The zero-order valence-electron chi connectivity index (χ0n) is 10.5. The van der Waals surface area contributed by atoms with Crippen LogP contribution in [0.3, 0.4) is 0 Å². The first-order chi connectivity index (χ1) is 7.93. The van der Waals surface area contributed by atoms with Gasteiger partial charge in [0.15, 0.2) is 0 Å². The number of nitrogen functional groups attached to an aromatic ring is 1. The third kappa shape index (κ3) is 3.44. The summed E-state index contributed by atoms with van der Waals surface area (Å²) in [6.07, 6.45) is 0. The fourth-order valence-corrected chi connectivity index (χ4v) is 1.32. The van der Waals surface area contributed by atoms with Crippen LogP contribution in [-0.4, -0.2) is 12.5 Å². The van der Waals surface area contributed by atoms with Crippen molar-refractivity contribution in [1.82, 2.24) is 5.32 Å². The van der Waals surface area contributed by atoms with Crippen molar-refractivity contribution in [3.63, 3.8) is 0 Å². The molecule has 0 saturated heterocycles. The van der Waals surface area contributed by atoms with Gasteiger partial charge in [0.25, 0.3) is 5.91 Å². The molecule has 0 heterocycles. The van der Waals surface area contributed by atoms with Crippen molar-refractivity contribution in [3.8, 4) is 0 Å². The summed E-state index contributed by atoms with van der Waals surface area (Å²) in [5, 5.41) is 2.76. The van der Waals surface area contributed by atoms with Crippen LogP contribution < -0.4 is 11.1 Å². The van der Waals surface area contributed by atoms with E-state index in [9.17, 15) is 9.18 Å². The van der Waals surface area contributed by atoms with E-state index in [1.807, 2.05) is 0 Å². The summed E-state index contributed by atoms with van der Waals surface area (Å²) in [5.74, 6) is -0.0297. The minimum Gasteiger partial charge on any atom is -0.396 e. The number of halogens is 1. The number of amides is 1. The third-order valence-electron chi connectivity index (χ3n) is 3.02. The maximum Gasteiger partial charge on any atom is 0.253 e. The van der Waals surface area contributed by atoms with Gasteiger partial charge in [0.2, 0.25) is 0 Å². The van der Waals surface area contributed by atoms with Crippen LogP contribution in [0, 0.1) is 17.7 Å². The Morgan fingerprint density at radius 2 is 2.06 bits per heavy atom. The third-order valence-corrected chi connectivity index (χ3v) is 3.02. The van der Waals surface area contributed by atoms with Crippen LogP contribution in [-0.2, 0) is 0 Å². The summed E-state index contributed by atoms with van der Waals surface area (Å²) < 4.78 is 13.2. The molecule has 0 aliphatic rings. The van der Waals surface area contributed by atoms with E-state index >= 15 is 0 Å². The molecule has 1 atom stereocenters. The summed E-state index contributed by atoms with van der Waals surface area (Å²) in [5.41, 5.74) is 5.61. The SMILES string of the molecule is CC(C)C(C)CNC(=O)c1cccc(F)c1N. The predicted octanol–water partition coefficient (Wildman–Crippen LogP) is 2.43. The minimum absolute atomic E-state index is 0.0952. The van der Waals surface area contributed by atoms with Crippen LogP contribution in [0.4, 0.5) is 10.1 Å². The number of carbonyl (C=O) groups is 1. The molecular weight excluding hydrogens is 219 g/mol. The van der Waals surface area contributed by atoms with Crippen LogP contribution in [0.25, 0.3) is 0 Å². The van der Waals surface area contributed by atoms with Gasteiger partial charge in [0.1, 0.15) is 5.82 Å². The highest BCUT2D eigenvalue weighted by atomic mass is 19.1. The van der Waals surface area contributed by atoms with Crippen molar-refractivity contribution >= 4 is 11.6 Å². The Morgan fingerprint density at radius 3 is 2.65 bits per heavy atom. The van der Waals surface area contributed by atoms with Gasteiger partial charge in [-0.2, -0.15) is 0 Å².